The van der Waals surface area contributed by atoms with Crippen LogP contribution in [0.2, 0.25) is 0 Å². The van der Waals surface area contributed by atoms with Crippen LogP contribution in [-0.4, -0.2) is 27.3 Å². The van der Waals surface area contributed by atoms with Gasteiger partial charge in [0.1, 0.15) is 10.7 Å². The Morgan fingerprint density at radius 1 is 1.07 bits per heavy atom. The number of sulfonamides is 1. The Balaban J connectivity index is 1.95. The van der Waals surface area contributed by atoms with Gasteiger partial charge in [-0.2, -0.15) is 5.10 Å². The normalized spacial score (nSPS) is 11.5. The first-order valence-corrected chi connectivity index (χ1v) is 9.55. The molecule has 142 valence electrons. The fourth-order valence-electron chi connectivity index (χ4n) is 2.64. The molecule has 0 saturated carbocycles. The van der Waals surface area contributed by atoms with Crippen LogP contribution in [0.5, 0.6) is 0 Å². The molecular weight excluding hydrogens is 370 g/mol. The number of hydrogen-bond donors (Lipinski definition) is 1. The summed E-state index contributed by atoms with van der Waals surface area (Å²) in [6, 6.07) is 10.6. The second kappa shape index (κ2) is 6.88. The van der Waals surface area contributed by atoms with E-state index in [1.54, 1.807) is 6.92 Å². The van der Waals surface area contributed by atoms with E-state index in [4.69, 9.17) is 0 Å². The lowest BCUT2D eigenvalue weighted by Crippen LogP contribution is -2.38. The van der Waals surface area contributed by atoms with Crippen LogP contribution in [0.4, 0.5) is 5.82 Å². The molecule has 0 spiro atoms. The van der Waals surface area contributed by atoms with Gasteiger partial charge in [0.2, 0.25) is 0 Å². The summed E-state index contributed by atoms with van der Waals surface area (Å²) in [5.74, 6) is -0.113. The second-order valence-corrected chi connectivity index (χ2v) is 7.79. The molecule has 2 heterocycles. The smallest absolute Gasteiger partial charge is 0.282 e. The van der Waals surface area contributed by atoms with Crippen molar-refractivity contribution in [3.63, 3.8) is 0 Å². The van der Waals surface area contributed by atoms with Crippen molar-refractivity contribution in [2.45, 2.75) is 18.4 Å². The number of aromatic nitrogens is 4. The van der Waals surface area contributed by atoms with Gasteiger partial charge in [-0.1, -0.05) is 30.3 Å². The summed E-state index contributed by atoms with van der Waals surface area (Å²) in [7, 11) is -1.33. The van der Waals surface area contributed by atoms with E-state index in [0.29, 0.717) is 12.2 Å². The number of nitrogens with one attached hydrogen (secondary N) is 1. The van der Waals surface area contributed by atoms with Gasteiger partial charge in [0, 0.05) is 26.4 Å². The average molecular weight is 389 g/mol. The molecule has 0 saturated heterocycles. The maximum absolute atomic E-state index is 12.8. The molecule has 0 unspecified atom stereocenters. The topological polar surface area (TPSA) is 108 Å². The first-order chi connectivity index (χ1) is 12.7. The van der Waals surface area contributed by atoms with Gasteiger partial charge in [-0.25, -0.2) is 13.2 Å². The Morgan fingerprint density at radius 3 is 2.41 bits per heavy atom. The Bertz CT molecular complexity index is 1210. The van der Waals surface area contributed by atoms with Gasteiger partial charge >= 0.3 is 5.69 Å². The summed E-state index contributed by atoms with van der Waals surface area (Å²) < 4.78 is 31.3. The standard InChI is InChI=1S/C17H19N5O4S/c1-12-14(11-22(18-12)10-13-7-5-4-6-8-13)27(25,26)19-15-9-16(23)21(3)17(24)20(15)2/h4-9,11,19H,10H2,1-3H3. The largest absolute Gasteiger partial charge is 0.332 e. The summed E-state index contributed by atoms with van der Waals surface area (Å²) >= 11 is 0. The van der Waals surface area contributed by atoms with Crippen LogP contribution in [0.15, 0.2) is 57.1 Å². The summed E-state index contributed by atoms with van der Waals surface area (Å²) in [6.07, 6.45) is 1.42. The second-order valence-electron chi connectivity index (χ2n) is 6.14. The fourth-order valence-corrected chi connectivity index (χ4v) is 3.91. The summed E-state index contributed by atoms with van der Waals surface area (Å²) in [5, 5.41) is 4.25. The SMILES string of the molecule is Cc1nn(Cc2ccccc2)cc1S(=O)(=O)Nc1cc(=O)n(C)c(=O)n1C. The number of benzene rings is 1. The summed E-state index contributed by atoms with van der Waals surface area (Å²) in [6.45, 7) is 2.00. The molecule has 1 aromatic carbocycles. The Kier molecular flexibility index (Phi) is 4.75. The Hall–Kier alpha value is -3.14. The number of hydrogen-bond acceptors (Lipinski definition) is 5. The first kappa shape index (κ1) is 18.6. The highest BCUT2D eigenvalue weighted by atomic mass is 32.2. The van der Waals surface area contributed by atoms with Crippen molar-refractivity contribution in [3.05, 3.63) is 74.7 Å². The molecule has 9 nitrogen and oxygen atoms in total. The molecule has 0 bridgehead atoms. The third-order valence-corrected chi connectivity index (χ3v) is 5.60. The van der Waals surface area contributed by atoms with E-state index in [9.17, 15) is 18.0 Å². The molecular formula is C17H19N5O4S. The van der Waals surface area contributed by atoms with Gasteiger partial charge in [-0.15, -0.1) is 0 Å². The number of anilines is 1. The minimum atomic E-state index is -4.03. The molecule has 0 aliphatic rings. The van der Waals surface area contributed by atoms with Crippen molar-refractivity contribution in [1.82, 2.24) is 18.9 Å². The quantitative estimate of drug-likeness (QED) is 0.681. The maximum atomic E-state index is 12.8. The molecule has 0 atom stereocenters. The third kappa shape index (κ3) is 3.70. The van der Waals surface area contributed by atoms with Gasteiger partial charge in [-0.05, 0) is 12.5 Å². The molecule has 0 aliphatic heterocycles. The maximum Gasteiger partial charge on any atom is 0.332 e. The average Bonchev–Trinajstić information content (AvgIpc) is 2.99. The van der Waals surface area contributed by atoms with Crippen LogP contribution < -0.4 is 16.0 Å². The van der Waals surface area contributed by atoms with Crippen molar-refractivity contribution >= 4 is 15.8 Å². The molecule has 0 amide bonds. The molecule has 10 heteroatoms. The highest BCUT2D eigenvalue weighted by molar-refractivity contribution is 7.92. The van der Waals surface area contributed by atoms with E-state index in [1.165, 1.54) is 25.0 Å². The van der Waals surface area contributed by atoms with Crippen LogP contribution in [0.3, 0.4) is 0 Å². The lowest BCUT2D eigenvalue weighted by Gasteiger charge is -2.11. The van der Waals surface area contributed by atoms with Crippen molar-refractivity contribution in [3.8, 4) is 0 Å². The van der Waals surface area contributed by atoms with Gasteiger partial charge in [0.25, 0.3) is 15.6 Å². The van der Waals surface area contributed by atoms with Gasteiger partial charge < -0.3 is 0 Å². The zero-order valence-electron chi connectivity index (χ0n) is 15.1. The Morgan fingerprint density at radius 2 is 1.74 bits per heavy atom. The fraction of sp³-hybridized carbons (Fsp3) is 0.235. The molecule has 0 radical (unpaired) electrons. The van der Waals surface area contributed by atoms with Crippen molar-refractivity contribution in [2.75, 3.05) is 4.72 Å². The number of aryl methyl sites for hydroxylation is 1. The summed E-state index contributed by atoms with van der Waals surface area (Å²) in [4.78, 5) is 23.8. The molecule has 0 fully saturated rings. The highest BCUT2D eigenvalue weighted by Gasteiger charge is 2.22. The molecule has 0 aliphatic carbocycles. The van der Waals surface area contributed by atoms with E-state index in [2.05, 4.69) is 9.82 Å². The zero-order chi connectivity index (χ0) is 19.8. The molecule has 3 rings (SSSR count). The Labute approximate surface area is 155 Å². The summed E-state index contributed by atoms with van der Waals surface area (Å²) in [5.41, 5.74) is 0.0575. The van der Waals surface area contributed by atoms with Crippen LogP contribution in [0, 0.1) is 6.92 Å². The minimum absolute atomic E-state index is 0.0217. The van der Waals surface area contributed by atoms with Crippen LogP contribution in [0.1, 0.15) is 11.3 Å². The number of nitrogens with zero attached hydrogens (tertiary/aromatic N) is 4. The molecule has 2 aromatic heterocycles. The molecule has 1 N–H and O–H groups in total. The molecule has 27 heavy (non-hydrogen) atoms. The van der Waals surface area contributed by atoms with Gasteiger partial charge in [0.05, 0.1) is 12.2 Å². The van der Waals surface area contributed by atoms with Crippen LogP contribution in [-0.2, 0) is 30.7 Å². The predicted octanol–water partition coefficient (Wildman–Crippen LogP) is 0.438. The van der Waals surface area contributed by atoms with Crippen molar-refractivity contribution in [1.29, 1.82) is 0 Å². The van der Waals surface area contributed by atoms with E-state index < -0.39 is 21.3 Å². The predicted molar refractivity (Wildman–Crippen MR) is 100 cm³/mol. The van der Waals surface area contributed by atoms with E-state index in [1.807, 2.05) is 30.3 Å². The van der Waals surface area contributed by atoms with Crippen molar-refractivity contribution in [2.24, 2.45) is 14.1 Å². The highest BCUT2D eigenvalue weighted by Crippen LogP contribution is 2.17. The number of rotatable bonds is 5. The molecule has 3 aromatic rings. The van der Waals surface area contributed by atoms with Gasteiger partial charge in [-0.3, -0.25) is 23.3 Å². The lowest BCUT2D eigenvalue weighted by atomic mass is 10.2. The third-order valence-electron chi connectivity index (χ3n) is 4.14. The van der Waals surface area contributed by atoms with Crippen LogP contribution in [0.25, 0.3) is 0 Å². The van der Waals surface area contributed by atoms with E-state index in [-0.39, 0.29) is 10.7 Å². The zero-order valence-corrected chi connectivity index (χ0v) is 15.9. The lowest BCUT2D eigenvalue weighted by molar-refractivity contribution is 0.599. The monoisotopic (exact) mass is 389 g/mol. The van der Waals surface area contributed by atoms with Gasteiger partial charge in [0.15, 0.2) is 0 Å². The minimum Gasteiger partial charge on any atom is -0.282 e. The van der Waals surface area contributed by atoms with Crippen LogP contribution >= 0.6 is 0 Å². The van der Waals surface area contributed by atoms with E-state index in [0.717, 1.165) is 20.8 Å². The first-order valence-electron chi connectivity index (χ1n) is 8.07. The van der Waals surface area contributed by atoms with Crippen molar-refractivity contribution < 1.29 is 8.42 Å². The van der Waals surface area contributed by atoms with E-state index >= 15 is 0 Å².